The minimum Gasteiger partial charge on any atom is -0.354 e. The molecule has 1 aliphatic heterocycles. The monoisotopic (exact) mass is 631 g/mol. The molecule has 1 aromatic carbocycles. The lowest BCUT2D eigenvalue weighted by Crippen LogP contribution is -2.41. The van der Waals surface area contributed by atoms with Crippen LogP contribution in [0.25, 0.3) is 22.2 Å². The molecule has 1 saturated heterocycles. The topological polar surface area (TPSA) is 107 Å². The summed E-state index contributed by atoms with van der Waals surface area (Å²) in [5.74, 6) is 0.598. The predicted octanol–water partition coefficient (Wildman–Crippen LogP) is 6.38. The summed E-state index contributed by atoms with van der Waals surface area (Å²) in [5, 5.41) is 14.2. The average molecular weight is 632 g/mol. The van der Waals surface area contributed by atoms with Crippen LogP contribution in [0.3, 0.4) is 0 Å². The van der Waals surface area contributed by atoms with E-state index in [0.717, 1.165) is 57.2 Å². The maximum absolute atomic E-state index is 14.1. The van der Waals surface area contributed by atoms with Gasteiger partial charge in [0.2, 0.25) is 5.95 Å². The number of aryl methyl sites for hydroxylation is 1. The first-order valence-corrected chi connectivity index (χ1v) is 16.7. The molecule has 1 amide bonds. The van der Waals surface area contributed by atoms with Gasteiger partial charge in [-0.25, -0.2) is 4.98 Å². The molecule has 1 atom stereocenters. The quantitative estimate of drug-likeness (QED) is 0.125. The first kappa shape index (κ1) is 34.1. The summed E-state index contributed by atoms with van der Waals surface area (Å²) in [6.45, 7) is 13.8. The molecule has 240 valence electrons. The number of nitrogens with zero attached hydrogens (tertiary/aromatic N) is 6. The van der Waals surface area contributed by atoms with E-state index in [1.165, 1.54) is 0 Å². The van der Waals surface area contributed by atoms with Gasteiger partial charge in [-0.05, 0) is 75.7 Å². The van der Waals surface area contributed by atoms with Crippen molar-refractivity contribution in [1.29, 1.82) is 5.26 Å². The van der Waals surface area contributed by atoms with Crippen LogP contribution in [0.15, 0.2) is 53.0 Å². The summed E-state index contributed by atoms with van der Waals surface area (Å²) in [7, 11) is 0. The number of hydrogen-bond acceptors (Lipinski definition) is 7. The number of nitriles is 1. The molecule has 1 unspecified atom stereocenters. The minimum atomic E-state index is -0.209. The van der Waals surface area contributed by atoms with E-state index >= 15 is 0 Å². The number of likely N-dealkylation sites (tertiary alicyclic amines) is 1. The molecule has 0 radical (unpaired) electrons. The summed E-state index contributed by atoms with van der Waals surface area (Å²) < 4.78 is 1.74. The Labute approximate surface area is 271 Å². The summed E-state index contributed by atoms with van der Waals surface area (Å²) in [6.07, 6.45) is 8.07. The summed E-state index contributed by atoms with van der Waals surface area (Å²) >= 11 is 6.54. The zero-order valence-electron chi connectivity index (χ0n) is 27.1. The average Bonchev–Trinajstić information content (AvgIpc) is 3.04. The van der Waals surface area contributed by atoms with Gasteiger partial charge < -0.3 is 15.1 Å². The lowest BCUT2D eigenvalue weighted by atomic mass is 9.94. The second-order valence-corrected chi connectivity index (χ2v) is 12.5. The van der Waals surface area contributed by atoms with Crippen LogP contribution < -0.4 is 10.9 Å². The van der Waals surface area contributed by atoms with E-state index in [9.17, 15) is 14.9 Å². The van der Waals surface area contributed by atoms with E-state index in [4.69, 9.17) is 16.6 Å². The van der Waals surface area contributed by atoms with E-state index in [0.29, 0.717) is 53.8 Å². The Hall–Kier alpha value is -3.74. The summed E-state index contributed by atoms with van der Waals surface area (Å²) in [5.41, 5.74) is 1.80. The zero-order valence-corrected chi connectivity index (χ0v) is 27.8. The number of unbranched alkanes of at least 4 members (excludes halogenated alkanes) is 1. The molecule has 3 aromatic rings. The fourth-order valence-corrected chi connectivity index (χ4v) is 6.22. The molecule has 0 saturated carbocycles. The normalized spacial score (nSPS) is 15.6. The van der Waals surface area contributed by atoms with Gasteiger partial charge in [0.05, 0.1) is 0 Å². The zero-order chi connectivity index (χ0) is 32.3. The van der Waals surface area contributed by atoms with Gasteiger partial charge in [-0.2, -0.15) is 10.2 Å². The third-order valence-electron chi connectivity index (χ3n) is 8.49. The highest BCUT2D eigenvalue weighted by Gasteiger charge is 2.26. The SMILES string of the molecule is CCN(CC)CCCCNc1ncc2cc(-c3ccccc3Cl)c(=O)n(CCC3CCCN(C(=O)C(C#N)=CC(C)C)C3)c2n1. The highest BCUT2D eigenvalue weighted by molar-refractivity contribution is 6.33. The molecule has 10 heteroatoms. The van der Waals surface area contributed by atoms with E-state index in [1.807, 2.05) is 38.1 Å². The molecule has 0 bridgehead atoms. The predicted molar refractivity (Wildman–Crippen MR) is 182 cm³/mol. The molecule has 0 spiro atoms. The van der Waals surface area contributed by atoms with Crippen LogP contribution in [0.1, 0.15) is 59.8 Å². The molecule has 1 aliphatic rings. The highest BCUT2D eigenvalue weighted by Crippen LogP contribution is 2.28. The third-order valence-corrected chi connectivity index (χ3v) is 8.82. The second-order valence-electron chi connectivity index (χ2n) is 12.1. The number of piperidine rings is 1. The number of allylic oxidation sites excluding steroid dienone is 1. The summed E-state index contributed by atoms with van der Waals surface area (Å²) in [6, 6.07) is 11.3. The second kappa shape index (κ2) is 16.5. The van der Waals surface area contributed by atoms with Crippen molar-refractivity contribution in [2.45, 2.75) is 66.3 Å². The number of benzene rings is 1. The molecular formula is C35H46ClN7O2. The van der Waals surface area contributed by atoms with Crippen molar-refractivity contribution in [3.8, 4) is 17.2 Å². The van der Waals surface area contributed by atoms with Crippen molar-refractivity contribution in [3.05, 3.63) is 63.6 Å². The van der Waals surface area contributed by atoms with Crippen LogP contribution >= 0.6 is 11.6 Å². The Morgan fingerprint density at radius 1 is 1.22 bits per heavy atom. The third kappa shape index (κ3) is 8.93. The Bertz CT molecular complexity index is 1590. The number of nitrogens with one attached hydrogen (secondary N) is 1. The Morgan fingerprint density at radius 3 is 2.71 bits per heavy atom. The molecule has 1 N–H and O–H groups in total. The van der Waals surface area contributed by atoms with Crippen LogP contribution in [-0.2, 0) is 11.3 Å². The standard InChI is InChI=1S/C35H46ClN7O2/c1-5-41(6-2)17-10-9-16-38-35-39-23-28-21-30(29-13-7-8-14-31(29)36)34(45)43(32(28)40-35)19-15-26-12-11-18-42(24-26)33(44)27(22-37)20-25(3)4/h7-8,13-14,20-21,23,25-26H,5-6,9-12,15-19,24H2,1-4H3,(H,38,39,40). The van der Waals surface area contributed by atoms with Crippen molar-refractivity contribution in [2.75, 3.05) is 44.6 Å². The fraction of sp³-hybridized carbons (Fsp3) is 0.514. The van der Waals surface area contributed by atoms with Gasteiger partial charge in [0, 0.05) is 53.9 Å². The molecule has 1 fully saturated rings. The van der Waals surface area contributed by atoms with Crippen molar-refractivity contribution in [3.63, 3.8) is 0 Å². The van der Waals surface area contributed by atoms with E-state index < -0.39 is 0 Å². The molecule has 9 nitrogen and oxygen atoms in total. The number of halogens is 1. The van der Waals surface area contributed by atoms with Crippen LogP contribution in [0, 0.1) is 23.2 Å². The van der Waals surface area contributed by atoms with Crippen molar-refractivity contribution >= 4 is 34.5 Å². The van der Waals surface area contributed by atoms with Gasteiger partial charge in [0.15, 0.2) is 0 Å². The lowest BCUT2D eigenvalue weighted by Gasteiger charge is -2.33. The number of anilines is 1. The van der Waals surface area contributed by atoms with Gasteiger partial charge in [0.25, 0.3) is 11.5 Å². The van der Waals surface area contributed by atoms with Crippen molar-refractivity contribution < 1.29 is 4.79 Å². The van der Waals surface area contributed by atoms with Crippen molar-refractivity contribution in [1.82, 2.24) is 24.3 Å². The Kier molecular flexibility index (Phi) is 12.5. The fourth-order valence-electron chi connectivity index (χ4n) is 5.98. The van der Waals surface area contributed by atoms with Gasteiger partial charge in [-0.15, -0.1) is 0 Å². The number of carbonyl (C=O) groups excluding carboxylic acids is 1. The molecular weight excluding hydrogens is 586 g/mol. The number of fused-ring (bicyclic) bond motifs is 1. The van der Waals surface area contributed by atoms with Gasteiger partial charge in [-0.1, -0.05) is 63.6 Å². The molecule has 0 aliphatic carbocycles. The Balaban J connectivity index is 1.57. The maximum atomic E-state index is 14.1. The molecule has 4 rings (SSSR count). The lowest BCUT2D eigenvalue weighted by molar-refractivity contribution is -0.128. The van der Waals surface area contributed by atoms with Crippen LogP contribution in [-0.4, -0.2) is 69.5 Å². The Morgan fingerprint density at radius 2 is 2.00 bits per heavy atom. The van der Waals surface area contributed by atoms with E-state index in [-0.39, 0.29) is 28.9 Å². The minimum absolute atomic E-state index is 0.114. The van der Waals surface area contributed by atoms with Crippen LogP contribution in [0.4, 0.5) is 5.95 Å². The van der Waals surface area contributed by atoms with Crippen LogP contribution in [0.5, 0.6) is 0 Å². The first-order chi connectivity index (χ1) is 21.7. The number of carbonyl (C=O) groups is 1. The van der Waals surface area contributed by atoms with Gasteiger partial charge in [0.1, 0.15) is 17.3 Å². The number of pyridine rings is 1. The first-order valence-electron chi connectivity index (χ1n) is 16.3. The highest BCUT2D eigenvalue weighted by atomic mass is 35.5. The summed E-state index contributed by atoms with van der Waals surface area (Å²) in [4.78, 5) is 40.8. The largest absolute Gasteiger partial charge is 0.354 e. The number of amides is 1. The maximum Gasteiger partial charge on any atom is 0.264 e. The molecule has 3 heterocycles. The van der Waals surface area contributed by atoms with Crippen LogP contribution in [0.2, 0.25) is 5.02 Å². The molecule has 45 heavy (non-hydrogen) atoms. The number of aromatic nitrogens is 3. The van der Waals surface area contributed by atoms with Gasteiger partial charge in [-0.3, -0.25) is 14.2 Å². The van der Waals surface area contributed by atoms with Gasteiger partial charge >= 0.3 is 0 Å². The smallest absolute Gasteiger partial charge is 0.264 e. The number of rotatable bonds is 14. The van der Waals surface area contributed by atoms with Crippen molar-refractivity contribution in [2.24, 2.45) is 11.8 Å². The number of hydrogen-bond donors (Lipinski definition) is 1. The van der Waals surface area contributed by atoms with E-state index in [2.05, 4.69) is 35.1 Å². The molecule has 2 aromatic heterocycles. The van der Waals surface area contributed by atoms with E-state index in [1.54, 1.807) is 27.8 Å².